The van der Waals surface area contributed by atoms with E-state index in [2.05, 4.69) is 20.9 Å². The Balaban J connectivity index is 1.17. The van der Waals surface area contributed by atoms with Gasteiger partial charge in [0, 0.05) is 36.3 Å². The number of hydrogen-bond acceptors (Lipinski definition) is 7. The second kappa shape index (κ2) is 7.77. The van der Waals surface area contributed by atoms with Crippen LogP contribution < -0.4 is 20.1 Å². The van der Waals surface area contributed by atoms with Crippen molar-refractivity contribution in [2.75, 3.05) is 18.5 Å². The molecule has 1 aromatic carbocycles. The summed E-state index contributed by atoms with van der Waals surface area (Å²) in [6.45, 7) is 1.41. The van der Waals surface area contributed by atoms with Crippen molar-refractivity contribution in [3.8, 4) is 11.5 Å². The number of urea groups is 1. The van der Waals surface area contributed by atoms with Gasteiger partial charge in [-0.1, -0.05) is 5.21 Å². The number of ether oxygens (including phenoxy) is 2. The molecule has 4 N–H and O–H groups in total. The first-order valence-corrected chi connectivity index (χ1v) is 10.3. The number of nitrogens with one attached hydrogen (secondary N) is 2. The summed E-state index contributed by atoms with van der Waals surface area (Å²) in [4.78, 5) is 12.4. The Kier molecular flexibility index (Phi) is 4.95. The number of anilines is 1. The molecule has 4 atom stereocenters. The lowest BCUT2D eigenvalue weighted by molar-refractivity contribution is 0.00878. The number of benzene rings is 1. The Bertz CT molecular complexity index is 930. The largest absolute Gasteiger partial charge is 0.486 e. The third-order valence-electron chi connectivity index (χ3n) is 5.89. The van der Waals surface area contributed by atoms with Crippen LogP contribution in [-0.4, -0.2) is 62.7 Å². The fourth-order valence-corrected chi connectivity index (χ4v) is 4.11. The molecule has 0 spiro atoms. The van der Waals surface area contributed by atoms with E-state index in [0.29, 0.717) is 49.3 Å². The number of hydrogen-bond donors (Lipinski definition) is 4. The average molecular weight is 415 g/mol. The highest BCUT2D eigenvalue weighted by Gasteiger charge is 2.42. The summed E-state index contributed by atoms with van der Waals surface area (Å²) in [5.41, 5.74) is 1.54. The second-order valence-electron chi connectivity index (χ2n) is 8.18. The Morgan fingerprint density at radius 2 is 1.97 bits per heavy atom. The van der Waals surface area contributed by atoms with Crippen molar-refractivity contribution >= 4 is 11.7 Å². The number of aliphatic hydroxyl groups excluding tert-OH is 2. The highest BCUT2D eigenvalue weighted by molar-refractivity contribution is 5.90. The van der Waals surface area contributed by atoms with Gasteiger partial charge in [0.1, 0.15) is 19.3 Å². The summed E-state index contributed by atoms with van der Waals surface area (Å²) >= 11 is 0. The topological polar surface area (TPSA) is 131 Å². The van der Waals surface area contributed by atoms with Crippen LogP contribution in [0.15, 0.2) is 24.4 Å². The van der Waals surface area contributed by atoms with Crippen LogP contribution in [0.2, 0.25) is 0 Å². The molecule has 0 unspecified atom stereocenters. The zero-order chi connectivity index (χ0) is 20.7. The van der Waals surface area contributed by atoms with E-state index in [0.717, 1.165) is 18.5 Å². The van der Waals surface area contributed by atoms with Gasteiger partial charge in [-0.15, -0.1) is 5.10 Å². The van der Waals surface area contributed by atoms with Crippen LogP contribution in [0.1, 0.15) is 30.9 Å². The van der Waals surface area contributed by atoms with Crippen LogP contribution >= 0.6 is 0 Å². The second-order valence-corrected chi connectivity index (χ2v) is 8.18. The summed E-state index contributed by atoms with van der Waals surface area (Å²) in [6, 6.07) is 4.13. The molecule has 10 heteroatoms. The van der Waals surface area contributed by atoms with E-state index in [1.807, 2.05) is 6.20 Å². The molecule has 10 nitrogen and oxygen atoms in total. The van der Waals surface area contributed by atoms with Gasteiger partial charge in [-0.2, -0.15) is 0 Å². The SMILES string of the molecule is O=C(Nc1ccc2c(c1)OCCO2)N[C@@H]1C[C@H](Cn2cc(C3CC3)nn2)[C@@H](O)[C@H]1O. The minimum absolute atomic E-state index is 0.228. The first-order chi connectivity index (χ1) is 14.6. The molecule has 2 heterocycles. The monoisotopic (exact) mass is 415 g/mol. The van der Waals surface area contributed by atoms with Gasteiger partial charge in [0.05, 0.1) is 17.8 Å². The van der Waals surface area contributed by atoms with Crippen LogP contribution in [0.3, 0.4) is 0 Å². The number of carbonyl (C=O) groups is 1. The number of nitrogens with zero attached hydrogens (tertiary/aromatic N) is 3. The smallest absolute Gasteiger partial charge is 0.319 e. The van der Waals surface area contributed by atoms with E-state index in [1.54, 1.807) is 22.9 Å². The quantitative estimate of drug-likeness (QED) is 0.570. The van der Waals surface area contributed by atoms with E-state index in [9.17, 15) is 15.0 Å². The van der Waals surface area contributed by atoms with Gasteiger partial charge >= 0.3 is 6.03 Å². The molecule has 2 amide bonds. The van der Waals surface area contributed by atoms with E-state index >= 15 is 0 Å². The first-order valence-electron chi connectivity index (χ1n) is 10.3. The number of amides is 2. The van der Waals surface area contributed by atoms with E-state index < -0.39 is 24.3 Å². The normalized spacial score (nSPS) is 27.7. The number of carbonyl (C=O) groups excluding carboxylic acids is 1. The number of aromatic nitrogens is 3. The fraction of sp³-hybridized carbons (Fsp3) is 0.550. The zero-order valence-electron chi connectivity index (χ0n) is 16.4. The minimum Gasteiger partial charge on any atom is -0.486 e. The van der Waals surface area contributed by atoms with Crippen molar-refractivity contribution in [3.05, 3.63) is 30.1 Å². The maximum absolute atomic E-state index is 12.4. The lowest BCUT2D eigenvalue weighted by atomic mass is 10.1. The molecule has 0 saturated heterocycles. The predicted molar refractivity (Wildman–Crippen MR) is 105 cm³/mol. The Labute approximate surface area is 173 Å². The summed E-state index contributed by atoms with van der Waals surface area (Å²) < 4.78 is 12.7. The van der Waals surface area contributed by atoms with E-state index in [-0.39, 0.29) is 5.92 Å². The lowest BCUT2D eigenvalue weighted by Crippen LogP contribution is -2.44. The lowest BCUT2D eigenvalue weighted by Gasteiger charge is -2.20. The van der Waals surface area contributed by atoms with Gasteiger partial charge in [-0.25, -0.2) is 4.79 Å². The summed E-state index contributed by atoms with van der Waals surface area (Å²) in [6.07, 6.45) is 2.65. The fourth-order valence-electron chi connectivity index (χ4n) is 4.11. The van der Waals surface area contributed by atoms with Crippen LogP contribution in [-0.2, 0) is 6.54 Å². The van der Waals surface area contributed by atoms with Gasteiger partial charge in [-0.05, 0) is 31.4 Å². The molecular formula is C20H25N5O5. The third-order valence-corrected chi connectivity index (χ3v) is 5.89. The van der Waals surface area contributed by atoms with Crippen molar-refractivity contribution in [1.29, 1.82) is 0 Å². The predicted octanol–water partition coefficient (Wildman–Crippen LogP) is 0.859. The van der Waals surface area contributed by atoms with Crippen molar-refractivity contribution in [1.82, 2.24) is 20.3 Å². The molecule has 5 rings (SSSR count). The van der Waals surface area contributed by atoms with Gasteiger partial charge in [0.2, 0.25) is 0 Å². The third kappa shape index (κ3) is 3.92. The average Bonchev–Trinajstić information content (AvgIpc) is 3.44. The molecule has 30 heavy (non-hydrogen) atoms. The number of fused-ring (bicyclic) bond motifs is 1. The highest BCUT2D eigenvalue weighted by Crippen LogP contribution is 2.39. The molecule has 0 radical (unpaired) electrons. The minimum atomic E-state index is -1.05. The van der Waals surface area contributed by atoms with Gasteiger partial charge in [0.15, 0.2) is 11.5 Å². The van der Waals surface area contributed by atoms with Crippen LogP contribution in [0.5, 0.6) is 11.5 Å². The standard InChI is InChI=1S/C20H25N5O5/c26-18-12(9-25-10-15(23-24-25)11-1-2-11)7-14(19(18)27)22-20(28)21-13-3-4-16-17(8-13)30-6-5-29-16/h3-4,8,10-12,14,18-19,26-27H,1-2,5-7,9H2,(H2,21,22,28)/t12-,14-,18-,19+/m1/s1. The molecule has 3 aliphatic rings. The number of rotatable bonds is 5. The number of aliphatic hydroxyl groups is 2. The molecule has 160 valence electrons. The molecule has 1 aromatic heterocycles. The Morgan fingerprint density at radius 1 is 1.17 bits per heavy atom. The summed E-state index contributed by atoms with van der Waals surface area (Å²) in [5.74, 6) is 1.50. The molecule has 1 aliphatic heterocycles. The molecule has 2 fully saturated rings. The Morgan fingerprint density at radius 3 is 2.77 bits per heavy atom. The van der Waals surface area contributed by atoms with E-state index in [1.165, 1.54) is 0 Å². The van der Waals surface area contributed by atoms with Crippen LogP contribution in [0, 0.1) is 5.92 Å². The van der Waals surface area contributed by atoms with Gasteiger partial charge < -0.3 is 30.3 Å². The molecular weight excluding hydrogens is 390 g/mol. The molecule has 0 bridgehead atoms. The van der Waals surface area contributed by atoms with Crippen molar-refractivity contribution in [3.63, 3.8) is 0 Å². The first kappa shape index (κ1) is 19.1. The summed E-state index contributed by atoms with van der Waals surface area (Å²) in [5, 5.41) is 34.7. The van der Waals surface area contributed by atoms with Crippen LogP contribution in [0.25, 0.3) is 0 Å². The maximum atomic E-state index is 12.4. The van der Waals surface area contributed by atoms with Crippen molar-refractivity contribution < 1.29 is 24.5 Å². The van der Waals surface area contributed by atoms with Crippen LogP contribution in [0.4, 0.5) is 10.5 Å². The Hall–Kier alpha value is -2.85. The van der Waals surface area contributed by atoms with Crippen molar-refractivity contribution in [2.24, 2.45) is 5.92 Å². The van der Waals surface area contributed by atoms with Gasteiger partial charge in [-0.3, -0.25) is 4.68 Å². The molecule has 2 saturated carbocycles. The molecule has 2 aromatic rings. The highest BCUT2D eigenvalue weighted by atomic mass is 16.6. The van der Waals surface area contributed by atoms with Gasteiger partial charge in [0.25, 0.3) is 0 Å². The van der Waals surface area contributed by atoms with E-state index in [4.69, 9.17) is 9.47 Å². The zero-order valence-corrected chi connectivity index (χ0v) is 16.4. The maximum Gasteiger partial charge on any atom is 0.319 e. The summed E-state index contributed by atoms with van der Waals surface area (Å²) in [7, 11) is 0. The molecule has 2 aliphatic carbocycles. The van der Waals surface area contributed by atoms with Crippen molar-refractivity contribution in [2.45, 2.75) is 50.0 Å².